The lowest BCUT2D eigenvalue weighted by molar-refractivity contribution is -0.191. The summed E-state index contributed by atoms with van der Waals surface area (Å²) in [6, 6.07) is 19.6. The molecule has 4 nitrogen and oxygen atoms in total. The van der Waals surface area contributed by atoms with Gasteiger partial charge in [-0.2, -0.15) is 0 Å². The Morgan fingerprint density at radius 1 is 1.04 bits per heavy atom. The molecule has 1 aliphatic rings. The number of carbonyl (C=O) groups is 1. The first-order valence-corrected chi connectivity index (χ1v) is 7.47. The number of ether oxygens (including phenoxy) is 3. The van der Waals surface area contributed by atoms with Crippen LogP contribution in [0.4, 0.5) is 0 Å². The van der Waals surface area contributed by atoms with Gasteiger partial charge < -0.3 is 14.2 Å². The van der Waals surface area contributed by atoms with Crippen LogP contribution in [0, 0.1) is 0 Å². The Morgan fingerprint density at radius 2 is 1.65 bits per heavy atom. The predicted octanol–water partition coefficient (Wildman–Crippen LogP) is 3.92. The highest BCUT2D eigenvalue weighted by Crippen LogP contribution is 2.39. The number of hydrogen-bond donors (Lipinski definition) is 0. The van der Waals surface area contributed by atoms with Gasteiger partial charge in [-0.25, -0.2) is 4.79 Å². The summed E-state index contributed by atoms with van der Waals surface area (Å²) in [7, 11) is 1.35. The van der Waals surface area contributed by atoms with E-state index in [-0.39, 0.29) is 6.10 Å². The second-order valence-electron chi connectivity index (χ2n) is 5.23. The zero-order valence-electron chi connectivity index (χ0n) is 12.8. The zero-order chi connectivity index (χ0) is 16.1. The van der Waals surface area contributed by atoms with Gasteiger partial charge in [-0.1, -0.05) is 60.7 Å². The standard InChI is InChI=1S/C19H18O4/c1-21-18(20)13-16-12-17(14-8-4-2-5-9-14)23-19(22-16)15-10-6-3-7-11-15/h2-11,13,17,19H,12H2,1H3/b16-13-/t17-,19-/m0/s1. The molecule has 4 heteroatoms. The molecule has 0 bridgehead atoms. The lowest BCUT2D eigenvalue weighted by atomic mass is 10.0. The highest BCUT2D eigenvalue weighted by Gasteiger charge is 2.29. The summed E-state index contributed by atoms with van der Waals surface area (Å²) in [6.07, 6.45) is 1.15. The summed E-state index contributed by atoms with van der Waals surface area (Å²) in [5.74, 6) is 0.131. The monoisotopic (exact) mass is 310 g/mol. The molecule has 0 unspecified atom stereocenters. The van der Waals surface area contributed by atoms with E-state index in [4.69, 9.17) is 14.2 Å². The van der Waals surface area contributed by atoms with Crippen molar-refractivity contribution in [3.63, 3.8) is 0 Å². The van der Waals surface area contributed by atoms with Crippen LogP contribution in [0.25, 0.3) is 0 Å². The van der Waals surface area contributed by atoms with Gasteiger partial charge in [0.15, 0.2) is 0 Å². The van der Waals surface area contributed by atoms with Crippen LogP contribution < -0.4 is 0 Å². The highest BCUT2D eigenvalue weighted by molar-refractivity contribution is 5.82. The van der Waals surface area contributed by atoms with Gasteiger partial charge >= 0.3 is 5.97 Å². The van der Waals surface area contributed by atoms with Gasteiger partial charge in [0.05, 0.1) is 19.3 Å². The number of esters is 1. The number of hydrogen-bond acceptors (Lipinski definition) is 4. The van der Waals surface area contributed by atoms with E-state index in [0.717, 1.165) is 11.1 Å². The molecule has 1 heterocycles. The van der Waals surface area contributed by atoms with Crippen molar-refractivity contribution in [2.75, 3.05) is 7.11 Å². The molecular weight excluding hydrogens is 292 g/mol. The van der Waals surface area contributed by atoms with Crippen molar-refractivity contribution in [1.29, 1.82) is 0 Å². The largest absolute Gasteiger partial charge is 0.466 e. The van der Waals surface area contributed by atoms with E-state index in [9.17, 15) is 4.79 Å². The molecular formula is C19H18O4. The van der Waals surface area contributed by atoms with Crippen molar-refractivity contribution in [3.8, 4) is 0 Å². The molecule has 0 spiro atoms. The maximum absolute atomic E-state index is 11.5. The summed E-state index contributed by atoms with van der Waals surface area (Å²) in [6.45, 7) is 0. The molecule has 3 rings (SSSR count). The Labute approximate surface area is 135 Å². The molecule has 0 radical (unpaired) electrons. The molecule has 1 fully saturated rings. The molecule has 23 heavy (non-hydrogen) atoms. The molecule has 118 valence electrons. The van der Waals surface area contributed by atoms with E-state index in [1.165, 1.54) is 13.2 Å². The molecule has 2 aromatic rings. The van der Waals surface area contributed by atoms with Crippen molar-refractivity contribution >= 4 is 5.97 Å². The minimum Gasteiger partial charge on any atom is -0.466 e. The van der Waals surface area contributed by atoms with Gasteiger partial charge in [0, 0.05) is 12.0 Å². The SMILES string of the molecule is COC(=O)/C=C1/C[C@@H](c2ccccc2)O[C@@H](c2ccccc2)O1. The Morgan fingerprint density at radius 3 is 2.26 bits per heavy atom. The number of benzene rings is 2. The van der Waals surface area contributed by atoms with E-state index < -0.39 is 12.3 Å². The van der Waals surface area contributed by atoms with Gasteiger partial charge in [-0.15, -0.1) is 0 Å². The molecule has 0 N–H and O–H groups in total. The van der Waals surface area contributed by atoms with Crippen molar-refractivity contribution < 1.29 is 19.0 Å². The zero-order valence-corrected chi connectivity index (χ0v) is 12.8. The maximum Gasteiger partial charge on any atom is 0.333 e. The van der Waals surface area contributed by atoms with E-state index in [2.05, 4.69) is 0 Å². The predicted molar refractivity (Wildman–Crippen MR) is 85.3 cm³/mol. The molecule has 0 aromatic heterocycles. The Hall–Kier alpha value is -2.59. The Bertz CT molecular complexity index is 630. The van der Waals surface area contributed by atoms with Crippen LogP contribution in [0.3, 0.4) is 0 Å². The molecule has 2 atom stereocenters. The van der Waals surface area contributed by atoms with Crippen LogP contribution in [-0.4, -0.2) is 13.1 Å². The summed E-state index contributed by atoms with van der Waals surface area (Å²) >= 11 is 0. The van der Waals surface area contributed by atoms with Gasteiger partial charge in [0.1, 0.15) is 5.76 Å². The summed E-state index contributed by atoms with van der Waals surface area (Å²) in [5.41, 5.74) is 1.95. The fraction of sp³-hybridized carbons (Fsp3) is 0.211. The lowest BCUT2D eigenvalue weighted by Gasteiger charge is -2.32. The van der Waals surface area contributed by atoms with Gasteiger partial charge in [-0.05, 0) is 5.56 Å². The van der Waals surface area contributed by atoms with Crippen LogP contribution >= 0.6 is 0 Å². The fourth-order valence-electron chi connectivity index (χ4n) is 2.50. The third kappa shape index (κ3) is 3.79. The average Bonchev–Trinajstić information content (AvgIpc) is 2.63. The number of methoxy groups -OCH3 is 1. The quantitative estimate of drug-likeness (QED) is 0.636. The summed E-state index contributed by atoms with van der Waals surface area (Å²) in [5, 5.41) is 0. The average molecular weight is 310 g/mol. The van der Waals surface area contributed by atoms with E-state index in [1.54, 1.807) is 0 Å². The minimum atomic E-state index is -0.550. The van der Waals surface area contributed by atoms with Crippen molar-refractivity contribution in [2.45, 2.75) is 18.8 Å². The van der Waals surface area contributed by atoms with Crippen LogP contribution in [-0.2, 0) is 19.0 Å². The van der Waals surface area contributed by atoms with Crippen LogP contribution in [0.1, 0.15) is 29.9 Å². The smallest absolute Gasteiger partial charge is 0.333 e. The number of carbonyl (C=O) groups excluding carboxylic acids is 1. The second kappa shape index (κ2) is 7.11. The molecule has 1 saturated heterocycles. The third-order valence-corrected chi connectivity index (χ3v) is 3.66. The van der Waals surface area contributed by atoms with Gasteiger partial charge in [-0.3, -0.25) is 0 Å². The van der Waals surface area contributed by atoms with E-state index in [1.807, 2.05) is 60.7 Å². The van der Waals surface area contributed by atoms with E-state index >= 15 is 0 Å². The molecule has 0 amide bonds. The first-order chi connectivity index (χ1) is 11.3. The molecule has 0 saturated carbocycles. The molecule has 0 aliphatic carbocycles. The third-order valence-electron chi connectivity index (χ3n) is 3.66. The van der Waals surface area contributed by atoms with E-state index in [0.29, 0.717) is 12.2 Å². The lowest BCUT2D eigenvalue weighted by Crippen LogP contribution is -2.21. The summed E-state index contributed by atoms with van der Waals surface area (Å²) in [4.78, 5) is 11.5. The van der Waals surface area contributed by atoms with Crippen molar-refractivity contribution in [3.05, 3.63) is 83.6 Å². The first kappa shape index (κ1) is 15.3. The fourth-order valence-corrected chi connectivity index (χ4v) is 2.50. The van der Waals surface area contributed by atoms with Crippen molar-refractivity contribution in [1.82, 2.24) is 0 Å². The summed E-state index contributed by atoms with van der Waals surface area (Å²) < 4.78 is 16.6. The van der Waals surface area contributed by atoms with Crippen LogP contribution in [0.5, 0.6) is 0 Å². The molecule has 2 aromatic carbocycles. The second-order valence-corrected chi connectivity index (χ2v) is 5.23. The normalized spacial score (nSPS) is 22.4. The first-order valence-electron chi connectivity index (χ1n) is 7.47. The minimum absolute atomic E-state index is 0.175. The molecule has 1 aliphatic heterocycles. The van der Waals surface area contributed by atoms with Crippen LogP contribution in [0.2, 0.25) is 0 Å². The van der Waals surface area contributed by atoms with Gasteiger partial charge in [0.25, 0.3) is 0 Å². The topological polar surface area (TPSA) is 44.8 Å². The maximum atomic E-state index is 11.5. The van der Waals surface area contributed by atoms with Gasteiger partial charge in [0.2, 0.25) is 6.29 Å². The Kier molecular flexibility index (Phi) is 4.74. The highest BCUT2D eigenvalue weighted by atomic mass is 16.7. The Balaban J connectivity index is 1.89. The number of rotatable bonds is 3. The van der Waals surface area contributed by atoms with Crippen LogP contribution in [0.15, 0.2) is 72.5 Å². The van der Waals surface area contributed by atoms with Crippen molar-refractivity contribution in [2.24, 2.45) is 0 Å².